The van der Waals surface area contributed by atoms with E-state index in [-0.39, 0.29) is 5.13 Å². The van der Waals surface area contributed by atoms with Crippen molar-refractivity contribution >= 4 is 53.8 Å². The molecule has 1 heterocycles. The Balaban J connectivity index is 2.49. The number of sulfonamides is 1. The van der Waals surface area contributed by atoms with E-state index in [0.717, 1.165) is 17.4 Å². The molecule has 0 aliphatic rings. The number of nitrogens with one attached hydrogen (secondary N) is 2. The van der Waals surface area contributed by atoms with Gasteiger partial charge in [-0.15, -0.1) is 0 Å². The number of benzene rings is 1. The lowest BCUT2D eigenvalue weighted by molar-refractivity contribution is -0.387. The molecule has 0 spiro atoms. The molecule has 0 bridgehead atoms. The van der Waals surface area contributed by atoms with Crippen molar-refractivity contribution in [2.75, 3.05) is 17.1 Å². The molecule has 2 N–H and O–H groups in total. The predicted molar refractivity (Wildman–Crippen MR) is 83.3 cm³/mol. The SMILES string of the molecule is CNc1ccc([N+](=O)[O-])c(S(=O)(=O)Nc2ncc(Br)s2)c1. The summed E-state index contributed by atoms with van der Waals surface area (Å²) in [6.45, 7) is 0. The number of hydrogen-bond donors (Lipinski definition) is 2. The van der Waals surface area contributed by atoms with Crippen LogP contribution in [0.4, 0.5) is 16.5 Å². The molecule has 11 heteroatoms. The number of hydrogen-bond acceptors (Lipinski definition) is 7. The van der Waals surface area contributed by atoms with Gasteiger partial charge in [-0.05, 0) is 28.1 Å². The Morgan fingerprint density at radius 3 is 2.67 bits per heavy atom. The second kappa shape index (κ2) is 5.95. The van der Waals surface area contributed by atoms with Gasteiger partial charge >= 0.3 is 0 Å². The first-order valence-corrected chi connectivity index (χ1v) is 8.53. The lowest BCUT2D eigenvalue weighted by Gasteiger charge is -2.08. The maximum absolute atomic E-state index is 12.3. The van der Waals surface area contributed by atoms with Crippen LogP contribution in [0, 0.1) is 10.1 Å². The van der Waals surface area contributed by atoms with Crippen LogP contribution in [0.5, 0.6) is 0 Å². The molecule has 21 heavy (non-hydrogen) atoms. The average molecular weight is 393 g/mol. The zero-order valence-corrected chi connectivity index (χ0v) is 13.8. The summed E-state index contributed by atoms with van der Waals surface area (Å²) < 4.78 is 27.5. The number of nitro groups is 1. The molecule has 112 valence electrons. The van der Waals surface area contributed by atoms with Gasteiger partial charge in [0.1, 0.15) is 0 Å². The number of nitro benzene ring substituents is 1. The molecule has 2 rings (SSSR count). The third-order valence-electron chi connectivity index (χ3n) is 2.43. The first-order chi connectivity index (χ1) is 9.83. The van der Waals surface area contributed by atoms with Crippen LogP contribution in [0.1, 0.15) is 0 Å². The van der Waals surface area contributed by atoms with E-state index in [1.807, 2.05) is 0 Å². The van der Waals surface area contributed by atoms with E-state index in [1.165, 1.54) is 18.3 Å². The molecule has 1 aromatic heterocycles. The van der Waals surface area contributed by atoms with Gasteiger partial charge in [0.25, 0.3) is 15.7 Å². The minimum atomic E-state index is -4.11. The molecule has 0 unspecified atom stereocenters. The van der Waals surface area contributed by atoms with E-state index in [1.54, 1.807) is 7.05 Å². The van der Waals surface area contributed by atoms with Gasteiger partial charge in [-0.1, -0.05) is 11.3 Å². The van der Waals surface area contributed by atoms with Gasteiger partial charge in [0.05, 0.1) is 14.9 Å². The molecule has 1 aromatic carbocycles. The topological polar surface area (TPSA) is 114 Å². The number of nitrogens with zero attached hydrogens (tertiary/aromatic N) is 2. The monoisotopic (exact) mass is 392 g/mol. The van der Waals surface area contributed by atoms with Crippen LogP contribution in [0.2, 0.25) is 0 Å². The van der Waals surface area contributed by atoms with Gasteiger partial charge in [0, 0.05) is 18.8 Å². The normalized spacial score (nSPS) is 11.1. The molecule has 8 nitrogen and oxygen atoms in total. The van der Waals surface area contributed by atoms with Crippen LogP contribution in [0.15, 0.2) is 33.1 Å². The smallest absolute Gasteiger partial charge is 0.290 e. The van der Waals surface area contributed by atoms with Crippen molar-refractivity contribution in [3.8, 4) is 0 Å². The van der Waals surface area contributed by atoms with Crippen molar-refractivity contribution in [1.29, 1.82) is 0 Å². The Morgan fingerprint density at radius 2 is 2.14 bits per heavy atom. The van der Waals surface area contributed by atoms with Crippen molar-refractivity contribution in [1.82, 2.24) is 4.98 Å². The van der Waals surface area contributed by atoms with E-state index in [4.69, 9.17) is 0 Å². The lowest BCUT2D eigenvalue weighted by Crippen LogP contribution is -2.15. The Labute approximate surface area is 132 Å². The number of aromatic nitrogens is 1. The van der Waals surface area contributed by atoms with Gasteiger partial charge in [-0.2, -0.15) is 0 Å². The maximum Gasteiger partial charge on any atom is 0.290 e. The Hall–Kier alpha value is -1.72. The van der Waals surface area contributed by atoms with Gasteiger partial charge in [-0.25, -0.2) is 13.4 Å². The molecule has 0 aliphatic heterocycles. The zero-order valence-electron chi connectivity index (χ0n) is 10.5. The van der Waals surface area contributed by atoms with Gasteiger partial charge in [0.2, 0.25) is 0 Å². The van der Waals surface area contributed by atoms with Crippen LogP contribution in [0.25, 0.3) is 0 Å². The number of rotatable bonds is 5. The van der Waals surface area contributed by atoms with E-state index in [9.17, 15) is 18.5 Å². The molecule has 0 saturated heterocycles. The summed E-state index contributed by atoms with van der Waals surface area (Å²) in [4.78, 5) is 13.7. The largest absolute Gasteiger partial charge is 0.388 e. The highest BCUT2D eigenvalue weighted by Gasteiger charge is 2.27. The molecule has 0 saturated carbocycles. The van der Waals surface area contributed by atoms with Crippen LogP contribution >= 0.6 is 27.3 Å². The summed E-state index contributed by atoms with van der Waals surface area (Å²) in [6, 6.07) is 3.76. The first kappa shape index (κ1) is 15.7. The average Bonchev–Trinajstić information content (AvgIpc) is 2.82. The molecule has 2 aromatic rings. The Bertz CT molecular complexity index is 790. The van der Waals surface area contributed by atoms with Crippen LogP contribution in [0.3, 0.4) is 0 Å². The highest BCUT2D eigenvalue weighted by molar-refractivity contribution is 9.11. The Kier molecular flexibility index (Phi) is 4.44. The third-order valence-corrected chi connectivity index (χ3v) is 5.32. The molecular formula is C10H9BrN4O4S2. The second-order valence-electron chi connectivity index (χ2n) is 3.76. The summed E-state index contributed by atoms with van der Waals surface area (Å²) in [7, 11) is -2.53. The molecule has 0 fully saturated rings. The number of anilines is 2. The number of halogens is 1. The molecule has 0 amide bonds. The summed E-state index contributed by atoms with van der Waals surface area (Å²) in [5.74, 6) is 0. The minimum Gasteiger partial charge on any atom is -0.388 e. The molecule has 0 aliphatic carbocycles. The van der Waals surface area contributed by atoms with Gasteiger partial charge in [0.15, 0.2) is 10.0 Å². The van der Waals surface area contributed by atoms with Gasteiger partial charge in [-0.3, -0.25) is 14.8 Å². The van der Waals surface area contributed by atoms with Gasteiger partial charge < -0.3 is 5.32 Å². The van der Waals surface area contributed by atoms with E-state index in [2.05, 4.69) is 31.0 Å². The fourth-order valence-electron chi connectivity index (χ4n) is 1.51. The van der Waals surface area contributed by atoms with Crippen molar-refractivity contribution in [2.45, 2.75) is 4.90 Å². The number of thiazole rings is 1. The van der Waals surface area contributed by atoms with Crippen molar-refractivity contribution in [3.05, 3.63) is 38.3 Å². The van der Waals surface area contributed by atoms with Crippen molar-refractivity contribution in [2.24, 2.45) is 0 Å². The van der Waals surface area contributed by atoms with E-state index >= 15 is 0 Å². The highest BCUT2D eigenvalue weighted by Crippen LogP contribution is 2.30. The van der Waals surface area contributed by atoms with E-state index < -0.39 is 25.5 Å². The lowest BCUT2D eigenvalue weighted by atomic mass is 10.3. The van der Waals surface area contributed by atoms with Crippen molar-refractivity contribution < 1.29 is 13.3 Å². The van der Waals surface area contributed by atoms with Crippen LogP contribution < -0.4 is 10.0 Å². The Morgan fingerprint density at radius 1 is 1.43 bits per heavy atom. The van der Waals surface area contributed by atoms with E-state index in [0.29, 0.717) is 9.47 Å². The fourth-order valence-corrected chi connectivity index (χ4v) is 4.05. The summed E-state index contributed by atoms with van der Waals surface area (Å²) in [6.07, 6.45) is 1.43. The predicted octanol–water partition coefficient (Wildman–Crippen LogP) is 2.66. The highest BCUT2D eigenvalue weighted by atomic mass is 79.9. The first-order valence-electron chi connectivity index (χ1n) is 5.44. The summed E-state index contributed by atoms with van der Waals surface area (Å²) in [5.41, 5.74) is -0.0570. The minimum absolute atomic E-state index is 0.117. The molecular weight excluding hydrogens is 384 g/mol. The third kappa shape index (κ3) is 3.49. The summed E-state index contributed by atoms with van der Waals surface area (Å²) in [5, 5.41) is 13.9. The quantitative estimate of drug-likeness (QED) is 0.596. The van der Waals surface area contributed by atoms with Crippen LogP contribution in [-0.2, 0) is 10.0 Å². The summed E-state index contributed by atoms with van der Waals surface area (Å²) >= 11 is 4.22. The molecule has 0 atom stereocenters. The molecule has 0 radical (unpaired) electrons. The maximum atomic E-state index is 12.3. The van der Waals surface area contributed by atoms with Crippen LogP contribution in [-0.4, -0.2) is 25.4 Å². The standard InChI is InChI=1S/C10H9BrN4O4S2/c1-12-6-2-3-7(15(16)17)8(4-6)21(18,19)14-10-13-5-9(11)20-10/h2-5,12H,1H3,(H,13,14). The zero-order chi connectivity index (χ0) is 15.6. The van der Waals surface area contributed by atoms with Crippen molar-refractivity contribution in [3.63, 3.8) is 0 Å². The second-order valence-corrected chi connectivity index (χ2v) is 7.83. The fraction of sp³-hybridized carbons (Fsp3) is 0.100.